The van der Waals surface area contributed by atoms with Crippen molar-refractivity contribution in [2.75, 3.05) is 4.72 Å². The number of nitro groups is 1. The van der Waals surface area contributed by atoms with Crippen LogP contribution in [0.4, 0.5) is 11.4 Å². The van der Waals surface area contributed by atoms with E-state index in [1.54, 1.807) is 6.92 Å². The van der Waals surface area contributed by atoms with Gasteiger partial charge in [0.25, 0.3) is 15.7 Å². The van der Waals surface area contributed by atoms with Gasteiger partial charge in [0, 0.05) is 18.0 Å². The molecule has 2 aromatic rings. The van der Waals surface area contributed by atoms with Crippen LogP contribution in [-0.4, -0.2) is 18.3 Å². The van der Waals surface area contributed by atoms with Gasteiger partial charge in [0.2, 0.25) is 0 Å². The zero-order valence-electron chi connectivity index (χ0n) is 10.5. The fourth-order valence-electron chi connectivity index (χ4n) is 1.65. The van der Waals surface area contributed by atoms with Crippen molar-refractivity contribution in [2.45, 2.75) is 11.8 Å². The molecule has 0 saturated heterocycles. The van der Waals surface area contributed by atoms with E-state index in [2.05, 4.69) is 9.71 Å². The highest BCUT2D eigenvalue weighted by molar-refractivity contribution is 7.92. The molecule has 1 aromatic carbocycles. The van der Waals surface area contributed by atoms with E-state index in [4.69, 9.17) is 0 Å². The summed E-state index contributed by atoms with van der Waals surface area (Å²) in [6.45, 7) is 1.71. The molecule has 0 fully saturated rings. The lowest BCUT2D eigenvalue weighted by molar-refractivity contribution is -0.387. The van der Waals surface area contributed by atoms with Gasteiger partial charge in [0.05, 0.1) is 10.6 Å². The maximum Gasteiger partial charge on any atom is 0.289 e. The molecule has 0 aliphatic rings. The molecule has 0 amide bonds. The number of hydrogen-bond donors (Lipinski definition) is 1. The molecule has 2 rings (SSSR count). The Kier molecular flexibility index (Phi) is 3.66. The molecule has 104 valence electrons. The highest BCUT2D eigenvalue weighted by Crippen LogP contribution is 2.25. The van der Waals surface area contributed by atoms with Crippen LogP contribution < -0.4 is 4.72 Å². The van der Waals surface area contributed by atoms with Crippen LogP contribution in [0.15, 0.2) is 47.5 Å². The minimum absolute atomic E-state index is 0.302. The van der Waals surface area contributed by atoms with Crippen LogP contribution in [-0.2, 0) is 10.0 Å². The van der Waals surface area contributed by atoms with Crippen LogP contribution in [0.3, 0.4) is 0 Å². The lowest BCUT2D eigenvalue weighted by atomic mass is 10.3. The van der Waals surface area contributed by atoms with Crippen molar-refractivity contribution in [1.29, 1.82) is 0 Å². The lowest BCUT2D eigenvalue weighted by Gasteiger charge is -2.08. The molecule has 0 saturated carbocycles. The Morgan fingerprint density at radius 2 is 1.95 bits per heavy atom. The molecule has 0 unspecified atom stereocenters. The number of anilines is 1. The topological polar surface area (TPSA) is 102 Å². The molecule has 1 heterocycles. The number of hydrogen-bond acceptors (Lipinski definition) is 5. The number of aryl methyl sites for hydroxylation is 1. The number of para-hydroxylation sites is 1. The summed E-state index contributed by atoms with van der Waals surface area (Å²) in [6.07, 6.45) is 1.45. The summed E-state index contributed by atoms with van der Waals surface area (Å²) in [5.74, 6) is 0. The summed E-state index contributed by atoms with van der Waals surface area (Å²) in [6, 6.07) is 8.18. The fraction of sp³-hybridized carbons (Fsp3) is 0.0833. The van der Waals surface area contributed by atoms with Crippen LogP contribution in [0.1, 0.15) is 5.69 Å². The first-order valence-electron chi connectivity index (χ1n) is 5.59. The van der Waals surface area contributed by atoms with E-state index >= 15 is 0 Å². The van der Waals surface area contributed by atoms with Gasteiger partial charge in [0.15, 0.2) is 4.90 Å². The summed E-state index contributed by atoms with van der Waals surface area (Å²) in [7, 11) is -4.03. The molecule has 0 radical (unpaired) electrons. The summed E-state index contributed by atoms with van der Waals surface area (Å²) < 4.78 is 26.7. The lowest BCUT2D eigenvalue weighted by Crippen LogP contribution is -2.14. The molecule has 1 aromatic heterocycles. The van der Waals surface area contributed by atoms with Crippen LogP contribution in [0.2, 0.25) is 0 Å². The Hall–Kier alpha value is -2.48. The Balaban J connectivity index is 2.44. The number of nitro benzene ring substituents is 1. The van der Waals surface area contributed by atoms with Gasteiger partial charge in [-0.15, -0.1) is 0 Å². The van der Waals surface area contributed by atoms with Crippen LogP contribution in [0, 0.1) is 17.0 Å². The van der Waals surface area contributed by atoms with E-state index < -0.39 is 20.6 Å². The van der Waals surface area contributed by atoms with E-state index in [0.717, 1.165) is 6.07 Å². The van der Waals surface area contributed by atoms with Crippen molar-refractivity contribution < 1.29 is 13.3 Å². The van der Waals surface area contributed by atoms with Gasteiger partial charge in [-0.2, -0.15) is 0 Å². The quantitative estimate of drug-likeness (QED) is 0.687. The van der Waals surface area contributed by atoms with E-state index in [0.29, 0.717) is 11.4 Å². The SMILES string of the molecule is Cc1cc(NS(=O)(=O)c2ccccc2[N+](=O)[O-])ccn1. The Labute approximate surface area is 115 Å². The van der Waals surface area contributed by atoms with Gasteiger partial charge in [0.1, 0.15) is 0 Å². The summed E-state index contributed by atoms with van der Waals surface area (Å²) in [4.78, 5) is 13.7. The molecule has 7 nitrogen and oxygen atoms in total. The summed E-state index contributed by atoms with van der Waals surface area (Å²) in [5.41, 5.74) is 0.467. The molecule has 0 aliphatic heterocycles. The maximum atomic E-state index is 12.2. The monoisotopic (exact) mass is 293 g/mol. The molecule has 8 heteroatoms. The third-order valence-electron chi connectivity index (χ3n) is 2.50. The highest BCUT2D eigenvalue weighted by atomic mass is 32.2. The second kappa shape index (κ2) is 5.25. The maximum absolute atomic E-state index is 12.2. The van der Waals surface area contributed by atoms with Gasteiger partial charge in [-0.3, -0.25) is 19.8 Å². The van der Waals surface area contributed by atoms with Crippen molar-refractivity contribution in [3.8, 4) is 0 Å². The molecule has 0 bridgehead atoms. The highest BCUT2D eigenvalue weighted by Gasteiger charge is 2.25. The first-order valence-corrected chi connectivity index (χ1v) is 7.07. The smallest absolute Gasteiger partial charge is 0.279 e. The van der Waals surface area contributed by atoms with E-state index in [1.165, 1.54) is 36.5 Å². The number of nitrogens with one attached hydrogen (secondary N) is 1. The van der Waals surface area contributed by atoms with Crippen molar-refractivity contribution >= 4 is 21.4 Å². The Morgan fingerprint density at radius 1 is 1.25 bits per heavy atom. The van der Waals surface area contributed by atoms with Gasteiger partial charge in [-0.05, 0) is 25.1 Å². The van der Waals surface area contributed by atoms with E-state index in [-0.39, 0.29) is 4.90 Å². The molecular formula is C12H11N3O4S. The van der Waals surface area contributed by atoms with Gasteiger partial charge >= 0.3 is 0 Å². The van der Waals surface area contributed by atoms with Crippen molar-refractivity contribution in [1.82, 2.24) is 4.98 Å². The van der Waals surface area contributed by atoms with Gasteiger partial charge < -0.3 is 0 Å². The Bertz CT molecular complexity index is 759. The number of sulfonamides is 1. The number of benzene rings is 1. The largest absolute Gasteiger partial charge is 0.289 e. The predicted octanol–water partition coefficient (Wildman–Crippen LogP) is 2.10. The second-order valence-electron chi connectivity index (χ2n) is 4.02. The average molecular weight is 293 g/mol. The van der Waals surface area contributed by atoms with Crippen LogP contribution in [0.5, 0.6) is 0 Å². The first-order chi connectivity index (χ1) is 9.40. The van der Waals surface area contributed by atoms with E-state index in [1.807, 2.05) is 0 Å². The number of aromatic nitrogens is 1. The third kappa shape index (κ3) is 2.91. The predicted molar refractivity (Wildman–Crippen MR) is 72.9 cm³/mol. The molecule has 1 N–H and O–H groups in total. The minimum Gasteiger partial charge on any atom is -0.279 e. The molecule has 20 heavy (non-hydrogen) atoms. The van der Waals surface area contributed by atoms with Gasteiger partial charge in [-0.25, -0.2) is 8.42 Å². The third-order valence-corrected chi connectivity index (χ3v) is 3.93. The molecule has 0 aliphatic carbocycles. The number of rotatable bonds is 4. The standard InChI is InChI=1S/C12H11N3O4S/c1-9-8-10(6-7-13-9)14-20(18,19)12-5-3-2-4-11(12)15(16)17/h2-8H,1H3,(H,13,14). The Morgan fingerprint density at radius 3 is 2.60 bits per heavy atom. The minimum atomic E-state index is -4.03. The van der Waals surface area contributed by atoms with Crippen molar-refractivity contribution in [3.63, 3.8) is 0 Å². The van der Waals surface area contributed by atoms with E-state index in [9.17, 15) is 18.5 Å². The number of nitrogens with zero attached hydrogens (tertiary/aromatic N) is 2. The normalized spacial score (nSPS) is 11.1. The van der Waals surface area contributed by atoms with Crippen LogP contribution >= 0.6 is 0 Å². The summed E-state index contributed by atoms with van der Waals surface area (Å²) in [5, 5.41) is 10.9. The van der Waals surface area contributed by atoms with Crippen molar-refractivity contribution in [2.24, 2.45) is 0 Å². The summed E-state index contributed by atoms with van der Waals surface area (Å²) >= 11 is 0. The zero-order valence-corrected chi connectivity index (χ0v) is 11.3. The molecule has 0 atom stereocenters. The van der Waals surface area contributed by atoms with Crippen LogP contribution in [0.25, 0.3) is 0 Å². The average Bonchev–Trinajstić information content (AvgIpc) is 2.38. The number of pyridine rings is 1. The molecular weight excluding hydrogens is 282 g/mol. The van der Waals surface area contributed by atoms with Crippen molar-refractivity contribution in [3.05, 3.63) is 58.4 Å². The fourth-order valence-corrected chi connectivity index (χ4v) is 2.88. The molecule has 0 spiro atoms. The zero-order chi connectivity index (χ0) is 14.8. The second-order valence-corrected chi connectivity index (χ2v) is 5.67. The first kappa shape index (κ1) is 13.9. The van der Waals surface area contributed by atoms with Gasteiger partial charge in [-0.1, -0.05) is 12.1 Å².